The first-order valence-electron chi connectivity index (χ1n) is 6.56. The van der Waals surface area contributed by atoms with Gasteiger partial charge in [-0.05, 0) is 12.8 Å². The lowest BCUT2D eigenvalue weighted by atomic mass is 10.0. The molecule has 0 radical (unpaired) electrons. The number of hydrogen-bond acceptors (Lipinski definition) is 7. The van der Waals surface area contributed by atoms with Gasteiger partial charge < -0.3 is 20.7 Å². The predicted molar refractivity (Wildman–Crippen MR) is 68.4 cm³/mol. The molecular formula is C12H15N5O3. The Kier molecular flexibility index (Phi) is 2.33. The highest BCUT2D eigenvalue weighted by atomic mass is 16.6. The highest BCUT2D eigenvalue weighted by molar-refractivity contribution is 5.81. The number of nitrogens with two attached hydrogens (primary N) is 1. The first kappa shape index (κ1) is 12.0. The number of aromatic nitrogens is 4. The van der Waals surface area contributed by atoms with E-state index in [0.717, 1.165) is 6.42 Å². The van der Waals surface area contributed by atoms with E-state index in [4.69, 9.17) is 10.5 Å². The van der Waals surface area contributed by atoms with Gasteiger partial charge in [-0.3, -0.25) is 4.57 Å². The normalized spacial score (nSPS) is 36.0. The molecule has 8 heteroatoms. The molecule has 1 aliphatic carbocycles. The van der Waals surface area contributed by atoms with Crippen molar-refractivity contribution in [1.82, 2.24) is 19.5 Å². The Morgan fingerprint density at radius 2 is 2.30 bits per heavy atom. The summed E-state index contributed by atoms with van der Waals surface area (Å²) in [6.07, 6.45) is 3.38. The van der Waals surface area contributed by atoms with E-state index in [1.54, 1.807) is 10.9 Å². The van der Waals surface area contributed by atoms with Crippen molar-refractivity contribution in [3.8, 4) is 0 Å². The van der Waals surface area contributed by atoms with Gasteiger partial charge in [0.1, 0.15) is 23.7 Å². The van der Waals surface area contributed by atoms with Gasteiger partial charge in [-0.1, -0.05) is 0 Å². The molecule has 2 bridgehead atoms. The molecule has 4 N–H and O–H groups in total. The maximum absolute atomic E-state index is 10.3. The lowest BCUT2D eigenvalue weighted by molar-refractivity contribution is -0.138. The number of nitrogen functional groups attached to an aromatic ring is 1. The molecule has 4 rings (SSSR count). The average molecular weight is 277 g/mol. The number of aliphatic hydroxyl groups is 2. The van der Waals surface area contributed by atoms with Crippen LogP contribution in [0.2, 0.25) is 0 Å². The van der Waals surface area contributed by atoms with Gasteiger partial charge in [-0.25, -0.2) is 15.0 Å². The summed E-state index contributed by atoms with van der Waals surface area (Å²) in [5.41, 5.74) is 6.01. The van der Waals surface area contributed by atoms with Gasteiger partial charge in [0.25, 0.3) is 0 Å². The van der Waals surface area contributed by atoms with Crippen LogP contribution in [0.25, 0.3) is 11.2 Å². The first-order chi connectivity index (χ1) is 9.66. The standard InChI is InChI=1S/C12H15N5O3/c13-9-7-10(15-4-14-9)17(5-16-7)11-6-1-2-12(3-18,20-11)8(6)19/h4-6,8,11,18-19H,1-3H2,(H2,13,14,15)/t6?,8-,11+,12+/m0/s1. The highest BCUT2D eigenvalue weighted by Crippen LogP contribution is 2.52. The van der Waals surface area contributed by atoms with E-state index < -0.39 is 11.7 Å². The quantitative estimate of drug-likeness (QED) is 0.673. The van der Waals surface area contributed by atoms with Crippen LogP contribution >= 0.6 is 0 Å². The zero-order chi connectivity index (χ0) is 13.9. The minimum absolute atomic E-state index is 0.0734. The lowest BCUT2D eigenvalue weighted by Gasteiger charge is -2.29. The third-order valence-corrected chi connectivity index (χ3v) is 4.50. The molecule has 1 aliphatic heterocycles. The number of fused-ring (bicyclic) bond motifs is 3. The number of hydrogen-bond donors (Lipinski definition) is 3. The fraction of sp³-hybridized carbons (Fsp3) is 0.583. The highest BCUT2D eigenvalue weighted by Gasteiger charge is 2.59. The molecule has 106 valence electrons. The summed E-state index contributed by atoms with van der Waals surface area (Å²) >= 11 is 0. The van der Waals surface area contributed by atoms with Gasteiger partial charge in [-0.15, -0.1) is 0 Å². The fourth-order valence-electron chi connectivity index (χ4n) is 3.39. The largest absolute Gasteiger partial charge is 0.393 e. The maximum atomic E-state index is 10.3. The first-order valence-corrected chi connectivity index (χ1v) is 6.56. The van der Waals surface area contributed by atoms with Crippen LogP contribution in [0.5, 0.6) is 0 Å². The minimum atomic E-state index is -0.857. The molecule has 2 aliphatic rings. The van der Waals surface area contributed by atoms with Crippen molar-refractivity contribution in [3.63, 3.8) is 0 Å². The van der Waals surface area contributed by atoms with Crippen molar-refractivity contribution in [2.75, 3.05) is 12.3 Å². The molecule has 1 saturated heterocycles. The van der Waals surface area contributed by atoms with Crippen LogP contribution in [0.3, 0.4) is 0 Å². The van der Waals surface area contributed by atoms with E-state index in [1.807, 2.05) is 0 Å². The van der Waals surface area contributed by atoms with Gasteiger partial charge in [0, 0.05) is 5.92 Å². The van der Waals surface area contributed by atoms with E-state index in [2.05, 4.69) is 15.0 Å². The molecular weight excluding hydrogens is 262 g/mol. The molecule has 0 spiro atoms. The molecule has 1 saturated carbocycles. The molecule has 1 unspecified atom stereocenters. The van der Waals surface area contributed by atoms with Crippen LogP contribution in [0.4, 0.5) is 5.82 Å². The Morgan fingerprint density at radius 3 is 3.05 bits per heavy atom. The third kappa shape index (κ3) is 1.33. The second-order valence-electron chi connectivity index (χ2n) is 5.46. The van der Waals surface area contributed by atoms with E-state index in [1.165, 1.54) is 6.33 Å². The SMILES string of the molecule is Nc1ncnc2c1ncn2[C@@H]1O[C@@]2(CO)CCC1[C@@H]2O. The number of ether oxygens (including phenoxy) is 1. The van der Waals surface area contributed by atoms with E-state index in [-0.39, 0.29) is 18.8 Å². The smallest absolute Gasteiger partial charge is 0.167 e. The molecule has 20 heavy (non-hydrogen) atoms. The van der Waals surface area contributed by atoms with Crippen molar-refractivity contribution in [2.45, 2.75) is 30.8 Å². The van der Waals surface area contributed by atoms with Gasteiger partial charge in [0.05, 0.1) is 19.0 Å². The summed E-state index contributed by atoms with van der Waals surface area (Å²) < 4.78 is 7.69. The molecule has 0 aromatic carbocycles. The summed E-state index contributed by atoms with van der Waals surface area (Å²) in [5, 5.41) is 19.8. The zero-order valence-electron chi connectivity index (χ0n) is 10.7. The number of rotatable bonds is 2. The van der Waals surface area contributed by atoms with Crippen molar-refractivity contribution in [2.24, 2.45) is 5.92 Å². The molecule has 0 amide bonds. The Bertz CT molecular complexity index is 674. The zero-order valence-corrected chi connectivity index (χ0v) is 10.7. The van der Waals surface area contributed by atoms with Crippen LogP contribution in [0.1, 0.15) is 19.1 Å². The van der Waals surface area contributed by atoms with Crippen LogP contribution in [0.15, 0.2) is 12.7 Å². The van der Waals surface area contributed by atoms with Crippen molar-refractivity contribution in [3.05, 3.63) is 12.7 Å². The number of nitrogens with zero attached hydrogens (tertiary/aromatic N) is 4. The summed E-state index contributed by atoms with van der Waals surface area (Å²) in [4.78, 5) is 12.3. The van der Waals surface area contributed by atoms with Crippen molar-refractivity contribution < 1.29 is 14.9 Å². The van der Waals surface area contributed by atoms with Crippen LogP contribution in [0, 0.1) is 5.92 Å². The van der Waals surface area contributed by atoms with Crippen LogP contribution in [-0.4, -0.2) is 48.0 Å². The maximum Gasteiger partial charge on any atom is 0.167 e. The molecule has 2 aromatic heterocycles. The summed E-state index contributed by atoms with van der Waals surface area (Å²) in [6, 6.07) is 0. The molecule has 2 aromatic rings. The van der Waals surface area contributed by atoms with Crippen molar-refractivity contribution in [1.29, 1.82) is 0 Å². The monoisotopic (exact) mass is 277 g/mol. The van der Waals surface area contributed by atoms with Crippen LogP contribution in [-0.2, 0) is 4.74 Å². The molecule has 2 fully saturated rings. The Morgan fingerprint density at radius 1 is 1.45 bits per heavy atom. The van der Waals surface area contributed by atoms with E-state index in [9.17, 15) is 10.2 Å². The molecule has 8 nitrogen and oxygen atoms in total. The summed E-state index contributed by atoms with van der Waals surface area (Å²) in [6.45, 7) is -0.190. The fourth-order valence-corrected chi connectivity index (χ4v) is 3.39. The Balaban J connectivity index is 1.80. The van der Waals surface area contributed by atoms with Crippen molar-refractivity contribution >= 4 is 17.0 Å². The van der Waals surface area contributed by atoms with Gasteiger partial charge in [0.15, 0.2) is 11.5 Å². The third-order valence-electron chi connectivity index (χ3n) is 4.50. The minimum Gasteiger partial charge on any atom is -0.393 e. The average Bonchev–Trinajstić information content (AvgIpc) is 3.10. The number of anilines is 1. The number of aliphatic hydroxyl groups excluding tert-OH is 2. The second kappa shape index (κ2) is 3.87. The van der Waals surface area contributed by atoms with Gasteiger partial charge in [0.2, 0.25) is 0 Å². The van der Waals surface area contributed by atoms with Gasteiger partial charge in [-0.2, -0.15) is 0 Å². The van der Waals surface area contributed by atoms with E-state index >= 15 is 0 Å². The molecule has 4 atom stereocenters. The Labute approximate surface area is 114 Å². The lowest BCUT2D eigenvalue weighted by Crippen LogP contribution is -2.40. The van der Waals surface area contributed by atoms with E-state index in [0.29, 0.717) is 23.4 Å². The summed E-state index contributed by atoms with van der Waals surface area (Å²) in [7, 11) is 0. The second-order valence-corrected chi connectivity index (χ2v) is 5.46. The summed E-state index contributed by atoms with van der Waals surface area (Å²) in [5.74, 6) is 0.241. The predicted octanol–water partition coefficient (Wildman–Crippen LogP) is -0.561. The Hall–Kier alpha value is -1.77. The molecule has 3 heterocycles. The van der Waals surface area contributed by atoms with Gasteiger partial charge >= 0.3 is 0 Å². The number of imidazole rings is 1. The van der Waals surface area contributed by atoms with Crippen LogP contribution < -0.4 is 5.73 Å². The topological polar surface area (TPSA) is 119 Å².